The van der Waals surface area contributed by atoms with Crippen molar-refractivity contribution in [2.75, 3.05) is 6.54 Å². The highest BCUT2D eigenvalue weighted by molar-refractivity contribution is 7.12. The van der Waals surface area contributed by atoms with E-state index in [1.54, 1.807) is 4.88 Å². The Kier molecular flexibility index (Phi) is 5.34. The minimum absolute atomic E-state index is 0.724. The Balaban J connectivity index is 2.39. The monoisotopic (exact) mass is 225 g/mol. The summed E-state index contributed by atoms with van der Waals surface area (Å²) in [5, 5.41) is 0. The quantitative estimate of drug-likeness (QED) is 0.728. The fraction of sp³-hybridized carbons (Fsp3) is 0.692. The summed E-state index contributed by atoms with van der Waals surface area (Å²) >= 11 is 1.96. The maximum absolute atomic E-state index is 5.49. The van der Waals surface area contributed by atoms with Crippen molar-refractivity contribution in [2.45, 2.75) is 52.4 Å². The van der Waals surface area contributed by atoms with E-state index in [-0.39, 0.29) is 0 Å². The molecule has 1 unspecified atom stereocenters. The molecule has 1 heterocycles. The van der Waals surface area contributed by atoms with Gasteiger partial charge in [-0.2, -0.15) is 0 Å². The van der Waals surface area contributed by atoms with E-state index in [1.165, 1.54) is 36.1 Å². The summed E-state index contributed by atoms with van der Waals surface area (Å²) in [5.41, 5.74) is 6.96. The average Bonchev–Trinajstić information content (AvgIpc) is 2.52. The number of aryl methyl sites for hydroxylation is 2. The molecule has 2 heteroatoms. The molecule has 15 heavy (non-hydrogen) atoms. The van der Waals surface area contributed by atoms with Gasteiger partial charge in [0, 0.05) is 9.75 Å². The van der Waals surface area contributed by atoms with E-state index >= 15 is 0 Å². The van der Waals surface area contributed by atoms with Crippen LogP contribution in [0, 0.1) is 13.8 Å². The van der Waals surface area contributed by atoms with Crippen molar-refractivity contribution >= 4 is 11.3 Å². The fourth-order valence-corrected chi connectivity index (χ4v) is 3.17. The van der Waals surface area contributed by atoms with Gasteiger partial charge in [-0.1, -0.05) is 19.8 Å². The highest BCUT2D eigenvalue weighted by atomic mass is 32.1. The maximum atomic E-state index is 5.49. The summed E-state index contributed by atoms with van der Waals surface area (Å²) in [6, 6.07) is 2.30. The van der Waals surface area contributed by atoms with Crippen molar-refractivity contribution in [1.29, 1.82) is 0 Å². The molecule has 0 saturated heterocycles. The molecule has 2 N–H and O–H groups in total. The lowest BCUT2D eigenvalue weighted by atomic mass is 9.99. The van der Waals surface area contributed by atoms with Crippen molar-refractivity contribution < 1.29 is 0 Å². The molecule has 0 aliphatic heterocycles. The van der Waals surface area contributed by atoms with Gasteiger partial charge in [0.15, 0.2) is 0 Å². The van der Waals surface area contributed by atoms with Gasteiger partial charge in [-0.15, -0.1) is 11.3 Å². The van der Waals surface area contributed by atoms with Crippen LogP contribution >= 0.6 is 11.3 Å². The molecule has 1 aromatic heterocycles. The average molecular weight is 225 g/mol. The van der Waals surface area contributed by atoms with Crippen LogP contribution in [-0.4, -0.2) is 6.54 Å². The third-order valence-electron chi connectivity index (χ3n) is 2.87. The zero-order chi connectivity index (χ0) is 11.3. The van der Waals surface area contributed by atoms with Gasteiger partial charge in [-0.05, 0) is 50.8 Å². The lowest BCUT2D eigenvalue weighted by Gasteiger charge is -2.10. The zero-order valence-corrected chi connectivity index (χ0v) is 11.0. The van der Waals surface area contributed by atoms with Crippen LogP contribution in [-0.2, 0) is 0 Å². The SMILES string of the molecule is Cc1cc(C)c(C(C)CCCCCN)s1. The van der Waals surface area contributed by atoms with Crippen LogP contribution in [0.4, 0.5) is 0 Å². The third-order valence-corrected chi connectivity index (χ3v) is 4.25. The molecule has 86 valence electrons. The Bertz CT molecular complexity index is 291. The van der Waals surface area contributed by atoms with Crippen LogP contribution < -0.4 is 5.73 Å². The molecule has 0 aromatic carbocycles. The molecule has 0 aliphatic carbocycles. The number of hydrogen-bond acceptors (Lipinski definition) is 2. The van der Waals surface area contributed by atoms with Crippen LogP contribution in [0.5, 0.6) is 0 Å². The van der Waals surface area contributed by atoms with Gasteiger partial charge in [-0.25, -0.2) is 0 Å². The summed E-state index contributed by atoms with van der Waals surface area (Å²) in [7, 11) is 0. The number of nitrogens with two attached hydrogens (primary N) is 1. The van der Waals surface area contributed by atoms with Crippen LogP contribution in [0.15, 0.2) is 6.07 Å². The molecule has 0 amide bonds. The minimum Gasteiger partial charge on any atom is -0.330 e. The predicted molar refractivity (Wildman–Crippen MR) is 69.7 cm³/mol. The molecule has 0 spiro atoms. The second-order valence-corrected chi connectivity index (χ2v) is 5.73. The summed E-state index contributed by atoms with van der Waals surface area (Å²) < 4.78 is 0. The largest absolute Gasteiger partial charge is 0.330 e. The van der Waals surface area contributed by atoms with Crippen molar-refractivity contribution in [3.05, 3.63) is 21.4 Å². The van der Waals surface area contributed by atoms with Gasteiger partial charge in [0.1, 0.15) is 0 Å². The molecule has 0 aliphatic rings. The van der Waals surface area contributed by atoms with E-state index in [9.17, 15) is 0 Å². The molecule has 0 saturated carbocycles. The van der Waals surface area contributed by atoms with Gasteiger partial charge in [0.25, 0.3) is 0 Å². The van der Waals surface area contributed by atoms with E-state index in [0.29, 0.717) is 0 Å². The first-order chi connectivity index (χ1) is 7.15. The molecule has 0 radical (unpaired) electrons. The molecule has 0 fully saturated rings. The Labute approximate surface area is 97.7 Å². The fourth-order valence-electron chi connectivity index (χ4n) is 2.05. The van der Waals surface area contributed by atoms with Crippen LogP contribution in [0.1, 0.15) is 53.8 Å². The van der Waals surface area contributed by atoms with Gasteiger partial charge in [0.2, 0.25) is 0 Å². The standard InChI is InChI=1S/C13H23NS/c1-10(7-5-4-6-8-14)13-11(2)9-12(3)15-13/h9-10H,4-8,14H2,1-3H3. The minimum atomic E-state index is 0.724. The molecule has 1 rings (SSSR count). The Morgan fingerprint density at radius 3 is 2.53 bits per heavy atom. The maximum Gasteiger partial charge on any atom is 0.0105 e. The van der Waals surface area contributed by atoms with E-state index in [4.69, 9.17) is 5.73 Å². The molecule has 0 bridgehead atoms. The smallest absolute Gasteiger partial charge is 0.0105 e. The van der Waals surface area contributed by atoms with Crippen molar-refractivity contribution in [3.8, 4) is 0 Å². The third kappa shape index (κ3) is 3.96. The van der Waals surface area contributed by atoms with Crippen molar-refractivity contribution in [3.63, 3.8) is 0 Å². The van der Waals surface area contributed by atoms with Crippen LogP contribution in [0.3, 0.4) is 0 Å². The first kappa shape index (κ1) is 12.7. The summed E-state index contributed by atoms with van der Waals surface area (Å²) in [5.74, 6) is 0.724. The second-order valence-electron chi connectivity index (χ2n) is 4.44. The number of thiophene rings is 1. The summed E-state index contributed by atoms with van der Waals surface area (Å²) in [6.45, 7) is 7.61. The normalized spacial score (nSPS) is 13.1. The lowest BCUT2D eigenvalue weighted by Crippen LogP contribution is -1.99. The van der Waals surface area contributed by atoms with Gasteiger partial charge in [-0.3, -0.25) is 0 Å². The van der Waals surface area contributed by atoms with Crippen LogP contribution in [0.2, 0.25) is 0 Å². The van der Waals surface area contributed by atoms with Gasteiger partial charge < -0.3 is 5.73 Å². The highest BCUT2D eigenvalue weighted by Gasteiger charge is 2.10. The molecule has 1 aromatic rings. The highest BCUT2D eigenvalue weighted by Crippen LogP contribution is 2.31. The van der Waals surface area contributed by atoms with E-state index < -0.39 is 0 Å². The second kappa shape index (κ2) is 6.29. The number of hydrogen-bond donors (Lipinski definition) is 1. The molecular weight excluding hydrogens is 202 g/mol. The zero-order valence-electron chi connectivity index (χ0n) is 10.2. The van der Waals surface area contributed by atoms with E-state index in [2.05, 4.69) is 26.8 Å². The number of rotatable bonds is 6. The van der Waals surface area contributed by atoms with Crippen LogP contribution in [0.25, 0.3) is 0 Å². The summed E-state index contributed by atoms with van der Waals surface area (Å²) in [6.07, 6.45) is 5.08. The Morgan fingerprint density at radius 1 is 1.27 bits per heavy atom. The van der Waals surface area contributed by atoms with E-state index in [0.717, 1.165) is 12.5 Å². The molecule has 1 atom stereocenters. The van der Waals surface area contributed by atoms with Gasteiger partial charge in [0.05, 0.1) is 0 Å². The van der Waals surface area contributed by atoms with E-state index in [1.807, 2.05) is 11.3 Å². The van der Waals surface area contributed by atoms with Crippen molar-refractivity contribution in [1.82, 2.24) is 0 Å². The van der Waals surface area contributed by atoms with Gasteiger partial charge >= 0.3 is 0 Å². The molecule has 1 nitrogen and oxygen atoms in total. The first-order valence-electron chi connectivity index (χ1n) is 5.92. The van der Waals surface area contributed by atoms with Crippen molar-refractivity contribution in [2.24, 2.45) is 5.73 Å². The first-order valence-corrected chi connectivity index (χ1v) is 6.73. The number of unbranched alkanes of at least 4 members (excludes halogenated alkanes) is 2. The molecular formula is C13H23NS. The predicted octanol–water partition coefficient (Wildman–Crippen LogP) is 3.99. The Morgan fingerprint density at radius 2 is 2.00 bits per heavy atom. The summed E-state index contributed by atoms with van der Waals surface area (Å²) in [4.78, 5) is 3.02. The lowest BCUT2D eigenvalue weighted by molar-refractivity contribution is 0.592. The Hall–Kier alpha value is -0.340. The topological polar surface area (TPSA) is 26.0 Å².